The van der Waals surface area contributed by atoms with Crippen molar-refractivity contribution in [3.8, 4) is 11.5 Å². The highest BCUT2D eigenvalue weighted by Gasteiger charge is 2.16. The minimum Gasteiger partial charge on any atom is -0.454 e. The summed E-state index contributed by atoms with van der Waals surface area (Å²) in [7, 11) is 0. The molecular weight excluding hydrogens is 434 g/mol. The van der Waals surface area contributed by atoms with E-state index in [9.17, 15) is 0 Å². The van der Waals surface area contributed by atoms with Crippen LogP contribution in [0.25, 0.3) is 0 Å². The smallest absolute Gasteiger partial charge is 0.233 e. The predicted octanol–water partition coefficient (Wildman–Crippen LogP) is 3.77. The highest BCUT2D eigenvalue weighted by atomic mass is 16.7. The monoisotopic (exact) mass is 463 g/mol. The van der Waals surface area contributed by atoms with Gasteiger partial charge in [-0.1, -0.05) is 0 Å². The fourth-order valence-corrected chi connectivity index (χ4v) is 3.93. The van der Waals surface area contributed by atoms with Crippen molar-refractivity contribution in [1.29, 1.82) is 0 Å². The molecule has 10 heteroatoms. The van der Waals surface area contributed by atoms with Crippen molar-refractivity contribution in [3.63, 3.8) is 0 Å². The Morgan fingerprint density at radius 2 is 1.47 bits per heavy atom. The molecule has 5 rings (SSSR count). The second-order valence-electron chi connectivity index (χ2n) is 7.92. The summed E-state index contributed by atoms with van der Waals surface area (Å²) in [6.45, 7) is 9.30. The van der Waals surface area contributed by atoms with E-state index in [1.54, 1.807) is 0 Å². The van der Waals surface area contributed by atoms with Gasteiger partial charge in [-0.3, -0.25) is 0 Å². The number of nitrogens with zero attached hydrogens (tertiary/aromatic N) is 5. The lowest BCUT2D eigenvalue weighted by Gasteiger charge is -2.28. The molecule has 178 valence electrons. The zero-order valence-electron chi connectivity index (χ0n) is 19.5. The molecule has 0 spiro atoms. The van der Waals surface area contributed by atoms with Crippen molar-refractivity contribution in [1.82, 2.24) is 15.0 Å². The average Bonchev–Trinajstić information content (AvgIpc) is 3.34. The van der Waals surface area contributed by atoms with Crippen LogP contribution in [0.15, 0.2) is 42.5 Å². The average molecular weight is 464 g/mol. The first-order valence-corrected chi connectivity index (χ1v) is 11.6. The Hall–Kier alpha value is -3.79. The van der Waals surface area contributed by atoms with E-state index in [1.807, 2.05) is 30.3 Å². The van der Waals surface area contributed by atoms with Gasteiger partial charge in [0.15, 0.2) is 11.5 Å². The third kappa shape index (κ3) is 4.91. The molecule has 1 aromatic heterocycles. The molecule has 2 aliphatic rings. The van der Waals surface area contributed by atoms with Crippen LogP contribution in [0.5, 0.6) is 11.5 Å². The Labute approximate surface area is 198 Å². The molecule has 2 aliphatic heterocycles. The number of anilines is 6. The number of ether oxygens (including phenoxy) is 3. The molecule has 10 nitrogen and oxygen atoms in total. The van der Waals surface area contributed by atoms with Crippen molar-refractivity contribution in [2.24, 2.45) is 0 Å². The molecule has 2 N–H and O–H groups in total. The van der Waals surface area contributed by atoms with E-state index in [0.29, 0.717) is 23.6 Å². The molecule has 3 heterocycles. The van der Waals surface area contributed by atoms with Crippen LogP contribution in [0.2, 0.25) is 0 Å². The number of hydrogen-bond acceptors (Lipinski definition) is 10. The maximum absolute atomic E-state index is 5.48. The standard InChI is InChI=1S/C24H29N7O3/c1-3-30(4-2)24-28-22(25-17-5-8-19(9-6-17)31-11-13-32-14-12-31)27-23(29-24)26-18-7-10-20-21(15-18)34-16-33-20/h5-10,15H,3-4,11-14,16H2,1-2H3,(H2,25,26,27,28,29). The van der Waals surface area contributed by atoms with E-state index >= 15 is 0 Å². The van der Waals surface area contributed by atoms with Gasteiger partial charge in [0, 0.05) is 49.3 Å². The molecule has 34 heavy (non-hydrogen) atoms. The largest absolute Gasteiger partial charge is 0.454 e. The minimum atomic E-state index is 0.231. The maximum atomic E-state index is 5.48. The number of rotatable bonds is 8. The van der Waals surface area contributed by atoms with Gasteiger partial charge in [0.2, 0.25) is 24.6 Å². The van der Waals surface area contributed by atoms with Crippen LogP contribution in [-0.4, -0.2) is 61.1 Å². The minimum absolute atomic E-state index is 0.231. The molecular formula is C24H29N7O3. The maximum Gasteiger partial charge on any atom is 0.233 e. The zero-order valence-corrected chi connectivity index (χ0v) is 19.5. The molecule has 0 saturated carbocycles. The van der Waals surface area contributed by atoms with Crippen molar-refractivity contribution in [3.05, 3.63) is 42.5 Å². The topological polar surface area (TPSA) is 96.9 Å². The van der Waals surface area contributed by atoms with E-state index in [0.717, 1.165) is 56.5 Å². The summed E-state index contributed by atoms with van der Waals surface area (Å²) in [5, 5.41) is 6.60. The van der Waals surface area contributed by atoms with Gasteiger partial charge in [-0.25, -0.2) is 0 Å². The summed E-state index contributed by atoms with van der Waals surface area (Å²) in [5.74, 6) is 2.95. The van der Waals surface area contributed by atoms with E-state index in [4.69, 9.17) is 14.2 Å². The molecule has 3 aromatic rings. The lowest BCUT2D eigenvalue weighted by atomic mass is 10.2. The summed E-state index contributed by atoms with van der Waals surface area (Å²) in [4.78, 5) is 18.3. The van der Waals surface area contributed by atoms with Crippen molar-refractivity contribution in [2.75, 3.05) is 66.6 Å². The highest BCUT2D eigenvalue weighted by Crippen LogP contribution is 2.35. The summed E-state index contributed by atoms with van der Waals surface area (Å²) < 4.78 is 16.3. The van der Waals surface area contributed by atoms with Crippen molar-refractivity contribution < 1.29 is 14.2 Å². The van der Waals surface area contributed by atoms with Crippen molar-refractivity contribution in [2.45, 2.75) is 13.8 Å². The lowest BCUT2D eigenvalue weighted by molar-refractivity contribution is 0.122. The van der Waals surface area contributed by atoms with Crippen LogP contribution in [-0.2, 0) is 4.74 Å². The summed E-state index contributed by atoms with van der Waals surface area (Å²) >= 11 is 0. The first kappa shape index (κ1) is 22.0. The van der Waals surface area contributed by atoms with Gasteiger partial charge in [0.1, 0.15) is 0 Å². The van der Waals surface area contributed by atoms with Gasteiger partial charge < -0.3 is 34.6 Å². The Morgan fingerprint density at radius 1 is 0.824 bits per heavy atom. The second kappa shape index (κ2) is 10.0. The van der Waals surface area contributed by atoms with Gasteiger partial charge in [-0.15, -0.1) is 0 Å². The molecule has 0 unspecified atom stereocenters. The Morgan fingerprint density at radius 3 is 2.18 bits per heavy atom. The Kier molecular flexibility index (Phi) is 6.48. The summed E-state index contributed by atoms with van der Waals surface area (Å²) in [6.07, 6.45) is 0. The molecule has 0 aliphatic carbocycles. The lowest BCUT2D eigenvalue weighted by Crippen LogP contribution is -2.36. The summed E-state index contributed by atoms with van der Waals surface area (Å²) in [5.41, 5.74) is 2.89. The first-order valence-electron chi connectivity index (χ1n) is 11.6. The number of aromatic nitrogens is 3. The molecule has 0 bridgehead atoms. The molecule has 0 amide bonds. The Bertz CT molecular complexity index is 1120. The van der Waals surface area contributed by atoms with Gasteiger partial charge in [-0.05, 0) is 50.2 Å². The number of nitrogens with one attached hydrogen (secondary N) is 2. The van der Waals surface area contributed by atoms with Gasteiger partial charge in [0.25, 0.3) is 0 Å². The van der Waals surface area contributed by atoms with E-state index in [-0.39, 0.29) is 6.79 Å². The number of hydrogen-bond donors (Lipinski definition) is 2. The number of fused-ring (bicyclic) bond motifs is 1. The third-order valence-electron chi connectivity index (χ3n) is 5.80. The first-order chi connectivity index (χ1) is 16.7. The Balaban J connectivity index is 1.38. The molecule has 0 radical (unpaired) electrons. The van der Waals surface area contributed by atoms with Crippen LogP contribution in [0, 0.1) is 0 Å². The van der Waals surface area contributed by atoms with E-state index < -0.39 is 0 Å². The quantitative estimate of drug-likeness (QED) is 0.514. The van der Waals surface area contributed by atoms with Gasteiger partial charge in [0.05, 0.1) is 13.2 Å². The SMILES string of the molecule is CCN(CC)c1nc(Nc2ccc(N3CCOCC3)cc2)nc(Nc2ccc3c(c2)OCO3)n1. The van der Waals surface area contributed by atoms with Gasteiger partial charge in [-0.2, -0.15) is 15.0 Å². The van der Waals surface area contributed by atoms with E-state index in [1.165, 1.54) is 5.69 Å². The third-order valence-corrected chi connectivity index (χ3v) is 5.80. The zero-order chi connectivity index (χ0) is 23.3. The molecule has 1 saturated heterocycles. The predicted molar refractivity (Wildman–Crippen MR) is 132 cm³/mol. The fraction of sp³-hybridized carbons (Fsp3) is 0.375. The molecule has 1 fully saturated rings. The number of morpholine rings is 1. The normalized spacial score (nSPS) is 14.7. The van der Waals surface area contributed by atoms with Crippen LogP contribution in [0.3, 0.4) is 0 Å². The van der Waals surface area contributed by atoms with E-state index in [2.05, 4.69) is 61.4 Å². The molecule has 0 atom stereocenters. The van der Waals surface area contributed by atoms with Crippen LogP contribution in [0.4, 0.5) is 34.9 Å². The number of benzene rings is 2. The summed E-state index contributed by atoms with van der Waals surface area (Å²) in [6, 6.07) is 13.9. The van der Waals surface area contributed by atoms with Crippen LogP contribution < -0.4 is 29.9 Å². The van der Waals surface area contributed by atoms with Crippen molar-refractivity contribution >= 4 is 34.9 Å². The second-order valence-corrected chi connectivity index (χ2v) is 7.92. The van der Waals surface area contributed by atoms with Gasteiger partial charge >= 0.3 is 0 Å². The highest BCUT2D eigenvalue weighted by molar-refractivity contribution is 5.64. The molecule has 2 aromatic carbocycles. The van der Waals surface area contributed by atoms with Crippen LogP contribution in [0.1, 0.15) is 13.8 Å². The van der Waals surface area contributed by atoms with Crippen LogP contribution >= 0.6 is 0 Å². The fourth-order valence-electron chi connectivity index (χ4n) is 3.93.